The van der Waals surface area contributed by atoms with Crippen LogP contribution in [0.3, 0.4) is 0 Å². The Morgan fingerprint density at radius 1 is 1.22 bits per heavy atom. The van der Waals surface area contributed by atoms with Crippen molar-refractivity contribution in [3.63, 3.8) is 0 Å². The molecule has 0 unspecified atom stereocenters. The minimum absolute atomic E-state index is 0.141. The van der Waals surface area contributed by atoms with Crippen molar-refractivity contribution in [2.75, 3.05) is 5.32 Å². The number of rotatable bonds is 5. The molecule has 1 N–H and O–H groups in total. The number of nitrogens with zero attached hydrogens (tertiary/aromatic N) is 4. The molecule has 1 aromatic carbocycles. The lowest BCUT2D eigenvalue weighted by Crippen LogP contribution is -2.37. The summed E-state index contributed by atoms with van der Waals surface area (Å²) in [4.78, 5) is 40.5. The molecule has 0 atom stereocenters. The highest BCUT2D eigenvalue weighted by atomic mass is 19.1. The van der Waals surface area contributed by atoms with Gasteiger partial charge in [-0.2, -0.15) is 0 Å². The van der Waals surface area contributed by atoms with Gasteiger partial charge in [-0.15, -0.1) is 0 Å². The van der Waals surface area contributed by atoms with Crippen molar-refractivity contribution < 1.29 is 9.18 Å². The second-order valence-electron chi connectivity index (χ2n) is 6.45. The molecule has 0 saturated carbocycles. The van der Waals surface area contributed by atoms with E-state index in [1.807, 2.05) is 0 Å². The van der Waals surface area contributed by atoms with E-state index in [-0.39, 0.29) is 18.0 Å². The van der Waals surface area contributed by atoms with Gasteiger partial charge in [0.25, 0.3) is 5.56 Å². The van der Waals surface area contributed by atoms with Gasteiger partial charge in [0.2, 0.25) is 5.91 Å². The fourth-order valence-electron chi connectivity index (χ4n) is 2.91. The SMILES string of the molecule is Cc1ccc(NC(=O)CCCn2cnc3c2c(=O)n(C)c(=O)n3C)c(F)c1. The number of carbonyl (C=O) groups is 1. The third kappa shape index (κ3) is 3.53. The predicted molar refractivity (Wildman–Crippen MR) is 99.2 cm³/mol. The third-order valence-electron chi connectivity index (χ3n) is 4.42. The highest BCUT2D eigenvalue weighted by Gasteiger charge is 2.14. The molecule has 0 saturated heterocycles. The number of nitrogens with one attached hydrogen (secondary N) is 1. The number of benzene rings is 1. The van der Waals surface area contributed by atoms with Crippen molar-refractivity contribution in [3.8, 4) is 0 Å². The van der Waals surface area contributed by atoms with Crippen molar-refractivity contribution in [2.24, 2.45) is 14.1 Å². The van der Waals surface area contributed by atoms with Gasteiger partial charge in [0.05, 0.1) is 12.0 Å². The first-order valence-corrected chi connectivity index (χ1v) is 8.46. The van der Waals surface area contributed by atoms with E-state index in [1.165, 1.54) is 30.1 Å². The number of carbonyl (C=O) groups excluding carboxylic acids is 1. The number of hydrogen-bond donors (Lipinski definition) is 1. The molecule has 142 valence electrons. The molecule has 8 nitrogen and oxygen atoms in total. The van der Waals surface area contributed by atoms with Crippen LogP contribution in [0.2, 0.25) is 0 Å². The lowest BCUT2D eigenvalue weighted by molar-refractivity contribution is -0.116. The highest BCUT2D eigenvalue weighted by molar-refractivity contribution is 5.90. The molecule has 0 radical (unpaired) electrons. The summed E-state index contributed by atoms with van der Waals surface area (Å²) in [5.74, 6) is -0.796. The van der Waals surface area contributed by atoms with Gasteiger partial charge in [-0.1, -0.05) is 6.07 Å². The van der Waals surface area contributed by atoms with Crippen LogP contribution in [0.4, 0.5) is 10.1 Å². The van der Waals surface area contributed by atoms with Crippen LogP contribution in [0.1, 0.15) is 18.4 Å². The zero-order chi connectivity index (χ0) is 19.7. The Kier molecular flexibility index (Phi) is 4.93. The van der Waals surface area contributed by atoms with Crippen molar-refractivity contribution in [1.82, 2.24) is 18.7 Å². The number of fused-ring (bicyclic) bond motifs is 1. The van der Waals surface area contributed by atoms with Crippen LogP contribution in [0.25, 0.3) is 11.2 Å². The molecular formula is C18H20FN5O3. The summed E-state index contributed by atoms with van der Waals surface area (Å²) in [6.45, 7) is 2.14. The summed E-state index contributed by atoms with van der Waals surface area (Å²) in [6.07, 6.45) is 2.05. The normalized spacial score (nSPS) is 11.1. The first-order chi connectivity index (χ1) is 12.8. The maximum absolute atomic E-state index is 13.8. The topological polar surface area (TPSA) is 90.9 Å². The minimum atomic E-state index is -0.478. The highest BCUT2D eigenvalue weighted by Crippen LogP contribution is 2.16. The van der Waals surface area contributed by atoms with E-state index in [0.717, 1.165) is 10.1 Å². The van der Waals surface area contributed by atoms with Crippen molar-refractivity contribution in [3.05, 3.63) is 56.7 Å². The third-order valence-corrected chi connectivity index (χ3v) is 4.42. The molecule has 3 rings (SSSR count). The van der Waals surface area contributed by atoms with Gasteiger partial charge in [0.1, 0.15) is 5.82 Å². The summed E-state index contributed by atoms with van der Waals surface area (Å²) in [6, 6.07) is 4.60. The Bertz CT molecular complexity index is 1140. The van der Waals surface area contributed by atoms with Gasteiger partial charge in [-0.25, -0.2) is 14.2 Å². The predicted octanol–water partition coefficient (Wildman–Crippen LogP) is 1.30. The van der Waals surface area contributed by atoms with Gasteiger partial charge in [0.15, 0.2) is 11.2 Å². The van der Waals surface area contributed by atoms with E-state index in [9.17, 15) is 18.8 Å². The molecule has 0 fully saturated rings. The van der Waals surface area contributed by atoms with E-state index in [2.05, 4.69) is 10.3 Å². The Labute approximate surface area is 153 Å². The average Bonchev–Trinajstić information content (AvgIpc) is 3.04. The first kappa shape index (κ1) is 18.6. The van der Waals surface area contributed by atoms with E-state index in [1.54, 1.807) is 24.6 Å². The Morgan fingerprint density at radius 2 is 1.96 bits per heavy atom. The maximum atomic E-state index is 13.8. The largest absolute Gasteiger partial charge is 0.332 e. The minimum Gasteiger partial charge on any atom is -0.325 e. The monoisotopic (exact) mass is 373 g/mol. The molecule has 2 aromatic heterocycles. The lowest BCUT2D eigenvalue weighted by atomic mass is 10.2. The molecular weight excluding hydrogens is 353 g/mol. The molecule has 0 aliphatic carbocycles. The Morgan fingerprint density at radius 3 is 2.67 bits per heavy atom. The molecule has 27 heavy (non-hydrogen) atoms. The van der Waals surface area contributed by atoms with Gasteiger partial charge >= 0.3 is 5.69 Å². The summed E-state index contributed by atoms with van der Waals surface area (Å²) >= 11 is 0. The van der Waals surface area contributed by atoms with Crippen molar-refractivity contribution in [2.45, 2.75) is 26.3 Å². The zero-order valence-electron chi connectivity index (χ0n) is 15.3. The van der Waals surface area contributed by atoms with Crippen molar-refractivity contribution >= 4 is 22.8 Å². The van der Waals surface area contributed by atoms with Crippen LogP contribution in [0, 0.1) is 12.7 Å². The number of amides is 1. The number of aromatic nitrogens is 4. The van der Waals surface area contributed by atoms with Gasteiger partial charge in [0, 0.05) is 27.1 Å². The average molecular weight is 373 g/mol. The number of imidazole rings is 1. The Hall–Kier alpha value is -3.23. The molecule has 0 aliphatic rings. The number of halogens is 1. The van der Waals surface area contributed by atoms with Crippen molar-refractivity contribution in [1.29, 1.82) is 0 Å². The standard InChI is InChI=1S/C18H20FN5O3/c1-11-6-7-13(12(19)9-11)21-14(25)5-4-8-24-10-20-16-15(24)17(26)23(3)18(27)22(16)2/h6-7,9-10H,4-5,8H2,1-3H3,(H,21,25). The second-order valence-corrected chi connectivity index (χ2v) is 6.45. The summed E-state index contributed by atoms with van der Waals surface area (Å²) < 4.78 is 17.7. The van der Waals surface area contributed by atoms with Crippen LogP contribution >= 0.6 is 0 Å². The van der Waals surface area contributed by atoms with Gasteiger partial charge in [-0.3, -0.25) is 18.7 Å². The molecule has 0 spiro atoms. The van der Waals surface area contributed by atoms with E-state index in [4.69, 9.17) is 0 Å². The van der Waals surface area contributed by atoms with Crippen LogP contribution in [0.5, 0.6) is 0 Å². The Balaban J connectivity index is 1.70. The molecule has 2 heterocycles. The summed E-state index contributed by atoms with van der Waals surface area (Å²) in [5.41, 5.74) is 0.643. The molecule has 3 aromatic rings. The molecule has 1 amide bonds. The van der Waals surface area contributed by atoms with Gasteiger partial charge in [-0.05, 0) is 31.0 Å². The molecule has 9 heteroatoms. The molecule has 0 bridgehead atoms. The lowest BCUT2D eigenvalue weighted by Gasteiger charge is -2.08. The number of hydrogen-bond acceptors (Lipinski definition) is 4. The summed E-state index contributed by atoms with van der Waals surface area (Å²) in [7, 11) is 2.95. The quantitative estimate of drug-likeness (QED) is 0.730. The van der Waals surface area contributed by atoms with E-state index in [0.29, 0.717) is 24.1 Å². The van der Waals surface area contributed by atoms with Crippen LogP contribution in [-0.2, 0) is 25.4 Å². The summed E-state index contributed by atoms with van der Waals surface area (Å²) in [5, 5.41) is 2.54. The number of aryl methyl sites for hydroxylation is 3. The van der Waals surface area contributed by atoms with Crippen LogP contribution in [-0.4, -0.2) is 24.6 Å². The van der Waals surface area contributed by atoms with Crippen LogP contribution < -0.4 is 16.6 Å². The number of anilines is 1. The fraction of sp³-hybridized carbons (Fsp3) is 0.333. The van der Waals surface area contributed by atoms with Gasteiger partial charge < -0.3 is 9.88 Å². The maximum Gasteiger partial charge on any atom is 0.332 e. The van der Waals surface area contributed by atoms with E-state index >= 15 is 0 Å². The smallest absolute Gasteiger partial charge is 0.325 e. The fourth-order valence-corrected chi connectivity index (χ4v) is 2.91. The molecule has 0 aliphatic heterocycles. The zero-order valence-corrected chi connectivity index (χ0v) is 15.3. The second kappa shape index (κ2) is 7.18. The van der Waals surface area contributed by atoms with Crippen LogP contribution in [0.15, 0.2) is 34.1 Å². The first-order valence-electron chi connectivity index (χ1n) is 8.46. The van der Waals surface area contributed by atoms with E-state index < -0.39 is 17.1 Å².